The van der Waals surface area contributed by atoms with Crippen molar-refractivity contribution in [2.45, 2.75) is 20.3 Å². The van der Waals surface area contributed by atoms with Crippen LogP contribution in [0.4, 0.5) is 11.4 Å². The molecule has 0 radical (unpaired) electrons. The van der Waals surface area contributed by atoms with Crippen LogP contribution in [0.1, 0.15) is 20.3 Å². The first-order valence-corrected chi connectivity index (χ1v) is 6.15. The maximum atomic E-state index is 5.99. The summed E-state index contributed by atoms with van der Waals surface area (Å²) in [5.41, 5.74) is 8.04. The molecule has 0 atom stereocenters. The van der Waals surface area contributed by atoms with Crippen LogP contribution in [0.2, 0.25) is 0 Å². The van der Waals surface area contributed by atoms with Crippen LogP contribution in [0.3, 0.4) is 0 Å². The van der Waals surface area contributed by atoms with Gasteiger partial charge in [0.15, 0.2) is 0 Å². The van der Waals surface area contributed by atoms with Gasteiger partial charge in [0, 0.05) is 47.6 Å². The number of hydrogen-bond acceptors (Lipinski definition) is 3. The topological polar surface area (TPSA) is 42.1 Å². The minimum atomic E-state index is 0.818. The molecule has 3 nitrogen and oxygen atoms in total. The first-order chi connectivity index (χ1) is 8.27. The molecule has 0 aliphatic heterocycles. The van der Waals surface area contributed by atoms with Crippen molar-refractivity contribution in [3.63, 3.8) is 0 Å². The van der Waals surface area contributed by atoms with Gasteiger partial charge in [-0.3, -0.25) is 4.98 Å². The van der Waals surface area contributed by atoms with Crippen molar-refractivity contribution in [1.82, 2.24) is 4.98 Å². The molecule has 2 rings (SSSR count). The summed E-state index contributed by atoms with van der Waals surface area (Å²) in [6.45, 7) is 6.43. The maximum absolute atomic E-state index is 5.99. The van der Waals surface area contributed by atoms with Crippen LogP contribution in [-0.4, -0.2) is 18.1 Å². The third kappa shape index (κ3) is 2.18. The van der Waals surface area contributed by atoms with E-state index in [4.69, 9.17) is 5.73 Å². The van der Waals surface area contributed by atoms with E-state index in [2.05, 4.69) is 29.8 Å². The normalized spacial score (nSPS) is 10.7. The van der Waals surface area contributed by atoms with Crippen LogP contribution in [0.5, 0.6) is 0 Å². The minimum absolute atomic E-state index is 0.818. The lowest BCUT2D eigenvalue weighted by Crippen LogP contribution is -2.23. The summed E-state index contributed by atoms with van der Waals surface area (Å²) in [6.07, 6.45) is 4.83. The average molecular weight is 229 g/mol. The van der Waals surface area contributed by atoms with Gasteiger partial charge in [-0.05, 0) is 31.5 Å². The quantitative estimate of drug-likeness (QED) is 0.819. The van der Waals surface area contributed by atoms with Gasteiger partial charge in [-0.25, -0.2) is 0 Å². The third-order valence-corrected chi connectivity index (χ3v) is 3.04. The smallest absolute Gasteiger partial charge is 0.0462 e. The molecule has 17 heavy (non-hydrogen) atoms. The standard InChI is InChI=1S/C14H19N3/c1-3-9-17(4-2)14-6-5-13(15)11-7-8-16-10-12(11)14/h5-8,10H,3-4,9,15H2,1-2H3. The zero-order valence-corrected chi connectivity index (χ0v) is 10.5. The molecule has 0 saturated carbocycles. The SMILES string of the molecule is CCCN(CC)c1ccc(N)c2ccncc12. The monoisotopic (exact) mass is 229 g/mol. The van der Waals surface area contributed by atoms with Crippen molar-refractivity contribution in [2.24, 2.45) is 0 Å². The lowest BCUT2D eigenvalue weighted by atomic mass is 10.1. The Labute approximate surface area is 102 Å². The lowest BCUT2D eigenvalue weighted by molar-refractivity contribution is 0.794. The summed E-state index contributed by atoms with van der Waals surface area (Å²) >= 11 is 0. The zero-order valence-electron chi connectivity index (χ0n) is 10.5. The van der Waals surface area contributed by atoms with E-state index in [1.54, 1.807) is 6.20 Å². The average Bonchev–Trinajstić information content (AvgIpc) is 2.37. The van der Waals surface area contributed by atoms with E-state index in [1.807, 2.05) is 18.3 Å². The van der Waals surface area contributed by atoms with Gasteiger partial charge < -0.3 is 10.6 Å². The molecule has 2 aromatic rings. The van der Waals surface area contributed by atoms with Crippen LogP contribution >= 0.6 is 0 Å². The minimum Gasteiger partial charge on any atom is -0.398 e. The van der Waals surface area contributed by atoms with Crippen molar-refractivity contribution in [3.8, 4) is 0 Å². The van der Waals surface area contributed by atoms with E-state index in [0.717, 1.165) is 36.0 Å². The Hall–Kier alpha value is -1.77. The lowest BCUT2D eigenvalue weighted by Gasteiger charge is -2.24. The molecule has 0 spiro atoms. The molecule has 0 aliphatic carbocycles. The summed E-state index contributed by atoms with van der Waals surface area (Å²) in [6, 6.07) is 6.06. The molecule has 0 unspecified atom stereocenters. The van der Waals surface area contributed by atoms with Crippen LogP contribution in [0, 0.1) is 0 Å². The van der Waals surface area contributed by atoms with E-state index in [0.29, 0.717) is 0 Å². The van der Waals surface area contributed by atoms with Gasteiger partial charge >= 0.3 is 0 Å². The molecule has 0 amide bonds. The van der Waals surface area contributed by atoms with Gasteiger partial charge in [-0.2, -0.15) is 0 Å². The maximum Gasteiger partial charge on any atom is 0.0462 e. The van der Waals surface area contributed by atoms with Gasteiger partial charge in [0.05, 0.1) is 0 Å². The van der Waals surface area contributed by atoms with Gasteiger partial charge in [0.25, 0.3) is 0 Å². The molecule has 0 fully saturated rings. The number of benzene rings is 1. The van der Waals surface area contributed by atoms with Crippen molar-refractivity contribution >= 4 is 22.1 Å². The highest BCUT2D eigenvalue weighted by Crippen LogP contribution is 2.30. The van der Waals surface area contributed by atoms with Gasteiger partial charge in [-0.15, -0.1) is 0 Å². The number of anilines is 2. The van der Waals surface area contributed by atoms with Crippen LogP contribution in [-0.2, 0) is 0 Å². The summed E-state index contributed by atoms with van der Waals surface area (Å²) in [5.74, 6) is 0. The molecular weight excluding hydrogens is 210 g/mol. The second-order valence-electron chi connectivity index (χ2n) is 4.17. The van der Waals surface area contributed by atoms with Crippen molar-refractivity contribution in [3.05, 3.63) is 30.6 Å². The fourth-order valence-corrected chi connectivity index (χ4v) is 2.19. The molecule has 0 saturated heterocycles. The predicted octanol–water partition coefficient (Wildman–Crippen LogP) is 3.05. The Kier molecular flexibility index (Phi) is 3.47. The highest BCUT2D eigenvalue weighted by molar-refractivity contribution is 6.00. The zero-order chi connectivity index (χ0) is 12.3. The van der Waals surface area contributed by atoms with Gasteiger partial charge in [0.2, 0.25) is 0 Å². The number of hydrogen-bond donors (Lipinski definition) is 1. The first kappa shape index (κ1) is 11.7. The fourth-order valence-electron chi connectivity index (χ4n) is 2.19. The fraction of sp³-hybridized carbons (Fsp3) is 0.357. The molecule has 2 N–H and O–H groups in total. The summed E-state index contributed by atoms with van der Waals surface area (Å²) in [4.78, 5) is 6.57. The van der Waals surface area contributed by atoms with Crippen LogP contribution in [0.25, 0.3) is 10.8 Å². The molecular formula is C14H19N3. The number of nitrogens with two attached hydrogens (primary N) is 1. The van der Waals surface area contributed by atoms with Gasteiger partial charge in [-0.1, -0.05) is 6.92 Å². The number of pyridine rings is 1. The highest BCUT2D eigenvalue weighted by atomic mass is 15.1. The van der Waals surface area contributed by atoms with E-state index in [1.165, 1.54) is 5.69 Å². The largest absolute Gasteiger partial charge is 0.398 e. The molecule has 3 heteroatoms. The Morgan fingerprint density at radius 1 is 1.18 bits per heavy atom. The molecule has 0 bridgehead atoms. The van der Waals surface area contributed by atoms with E-state index in [-0.39, 0.29) is 0 Å². The second kappa shape index (κ2) is 5.04. The summed E-state index contributed by atoms with van der Waals surface area (Å²) in [5, 5.41) is 2.23. The van der Waals surface area contributed by atoms with E-state index < -0.39 is 0 Å². The van der Waals surface area contributed by atoms with E-state index >= 15 is 0 Å². The van der Waals surface area contributed by atoms with Crippen molar-refractivity contribution in [2.75, 3.05) is 23.7 Å². The Bertz CT molecular complexity index is 508. The Morgan fingerprint density at radius 2 is 2.00 bits per heavy atom. The number of nitrogens with zero attached hydrogens (tertiary/aromatic N) is 2. The molecule has 90 valence electrons. The van der Waals surface area contributed by atoms with Crippen LogP contribution < -0.4 is 10.6 Å². The van der Waals surface area contributed by atoms with Crippen molar-refractivity contribution < 1.29 is 0 Å². The number of aromatic nitrogens is 1. The van der Waals surface area contributed by atoms with Crippen LogP contribution in [0.15, 0.2) is 30.6 Å². The Balaban J connectivity index is 2.57. The van der Waals surface area contributed by atoms with Gasteiger partial charge in [0.1, 0.15) is 0 Å². The molecule has 0 aliphatic rings. The first-order valence-electron chi connectivity index (χ1n) is 6.15. The summed E-state index contributed by atoms with van der Waals surface area (Å²) in [7, 11) is 0. The predicted molar refractivity (Wildman–Crippen MR) is 74.3 cm³/mol. The molecule has 1 aromatic carbocycles. The summed E-state index contributed by atoms with van der Waals surface area (Å²) < 4.78 is 0. The number of rotatable bonds is 4. The highest BCUT2D eigenvalue weighted by Gasteiger charge is 2.09. The molecule has 1 aromatic heterocycles. The molecule has 1 heterocycles. The van der Waals surface area contributed by atoms with E-state index in [9.17, 15) is 0 Å². The second-order valence-corrected chi connectivity index (χ2v) is 4.17. The van der Waals surface area contributed by atoms with Crippen molar-refractivity contribution in [1.29, 1.82) is 0 Å². The Morgan fingerprint density at radius 3 is 2.71 bits per heavy atom. The number of fused-ring (bicyclic) bond motifs is 1. The number of nitrogen functional groups attached to an aromatic ring is 1. The third-order valence-electron chi connectivity index (χ3n) is 3.04.